The standard InChI is InChI=1S/C22H43BrO2/c1-3-5-7-9-10-14-18-22(21(24)25,17-13-8-6-4-2)19-15-11-12-16-20-23/h3-20H2,1-2H3,(H,24,25). The summed E-state index contributed by atoms with van der Waals surface area (Å²) in [6.07, 6.45) is 19.5. The molecule has 0 aromatic heterocycles. The Morgan fingerprint density at radius 2 is 1.04 bits per heavy atom. The third kappa shape index (κ3) is 12.9. The van der Waals surface area contributed by atoms with Crippen LogP contribution in [0.4, 0.5) is 0 Å². The third-order valence-electron chi connectivity index (χ3n) is 5.51. The van der Waals surface area contributed by atoms with E-state index in [1.807, 2.05) is 0 Å². The number of unbranched alkanes of at least 4 members (excludes halogenated alkanes) is 11. The van der Waals surface area contributed by atoms with Gasteiger partial charge in [-0.05, 0) is 25.7 Å². The quantitative estimate of drug-likeness (QED) is 0.169. The van der Waals surface area contributed by atoms with Crippen LogP contribution in [0.15, 0.2) is 0 Å². The minimum absolute atomic E-state index is 0.451. The number of aliphatic carboxylic acids is 1. The number of alkyl halides is 1. The number of rotatable bonds is 19. The van der Waals surface area contributed by atoms with Crippen LogP contribution in [0, 0.1) is 5.41 Å². The summed E-state index contributed by atoms with van der Waals surface area (Å²) in [5, 5.41) is 11.1. The number of hydrogen-bond acceptors (Lipinski definition) is 1. The van der Waals surface area contributed by atoms with E-state index in [-0.39, 0.29) is 0 Å². The van der Waals surface area contributed by atoms with E-state index in [1.165, 1.54) is 70.6 Å². The molecular formula is C22H43BrO2. The fourth-order valence-electron chi connectivity index (χ4n) is 3.74. The number of carboxylic acids is 1. The van der Waals surface area contributed by atoms with Crippen LogP contribution in [-0.2, 0) is 4.79 Å². The second-order valence-corrected chi connectivity index (χ2v) is 8.56. The van der Waals surface area contributed by atoms with Gasteiger partial charge in [0, 0.05) is 5.33 Å². The van der Waals surface area contributed by atoms with E-state index in [4.69, 9.17) is 0 Å². The maximum Gasteiger partial charge on any atom is 0.309 e. The van der Waals surface area contributed by atoms with E-state index in [0.717, 1.165) is 43.9 Å². The Morgan fingerprint density at radius 3 is 1.44 bits per heavy atom. The molecule has 25 heavy (non-hydrogen) atoms. The summed E-state index contributed by atoms with van der Waals surface area (Å²) in [4.78, 5) is 12.2. The van der Waals surface area contributed by atoms with Gasteiger partial charge in [-0.2, -0.15) is 0 Å². The van der Waals surface area contributed by atoms with E-state index in [0.29, 0.717) is 0 Å². The lowest BCUT2D eigenvalue weighted by Crippen LogP contribution is -2.31. The molecule has 1 unspecified atom stereocenters. The Balaban J connectivity index is 4.46. The molecule has 0 amide bonds. The van der Waals surface area contributed by atoms with Crippen molar-refractivity contribution in [1.29, 1.82) is 0 Å². The molecule has 0 aromatic carbocycles. The van der Waals surface area contributed by atoms with Gasteiger partial charge in [-0.1, -0.05) is 113 Å². The molecule has 1 atom stereocenters. The highest BCUT2D eigenvalue weighted by atomic mass is 79.9. The lowest BCUT2D eigenvalue weighted by Gasteiger charge is -2.30. The topological polar surface area (TPSA) is 37.3 Å². The Labute approximate surface area is 165 Å². The van der Waals surface area contributed by atoms with Gasteiger partial charge in [-0.15, -0.1) is 0 Å². The summed E-state index contributed by atoms with van der Waals surface area (Å²) in [7, 11) is 0. The normalized spacial score (nSPS) is 13.7. The molecule has 150 valence electrons. The van der Waals surface area contributed by atoms with E-state index in [2.05, 4.69) is 29.8 Å². The largest absolute Gasteiger partial charge is 0.481 e. The Kier molecular flexibility index (Phi) is 17.3. The van der Waals surface area contributed by atoms with Crippen molar-refractivity contribution in [2.75, 3.05) is 5.33 Å². The van der Waals surface area contributed by atoms with Crippen LogP contribution in [-0.4, -0.2) is 16.4 Å². The van der Waals surface area contributed by atoms with Gasteiger partial charge in [0.2, 0.25) is 0 Å². The Morgan fingerprint density at radius 1 is 0.680 bits per heavy atom. The number of hydrogen-bond donors (Lipinski definition) is 1. The molecule has 0 fully saturated rings. The molecule has 0 aliphatic carbocycles. The van der Waals surface area contributed by atoms with Crippen molar-refractivity contribution in [3.05, 3.63) is 0 Å². The van der Waals surface area contributed by atoms with E-state index >= 15 is 0 Å². The van der Waals surface area contributed by atoms with Crippen molar-refractivity contribution in [3.8, 4) is 0 Å². The fraction of sp³-hybridized carbons (Fsp3) is 0.955. The van der Waals surface area contributed by atoms with Crippen LogP contribution in [0.3, 0.4) is 0 Å². The second kappa shape index (κ2) is 17.4. The highest BCUT2D eigenvalue weighted by Crippen LogP contribution is 2.37. The van der Waals surface area contributed by atoms with Crippen molar-refractivity contribution < 1.29 is 9.90 Å². The van der Waals surface area contributed by atoms with Crippen LogP contribution in [0.5, 0.6) is 0 Å². The minimum atomic E-state index is -0.530. The van der Waals surface area contributed by atoms with Gasteiger partial charge in [0.1, 0.15) is 0 Å². The molecule has 0 spiro atoms. The van der Waals surface area contributed by atoms with Crippen molar-refractivity contribution in [2.24, 2.45) is 5.41 Å². The Hall–Kier alpha value is -0.0500. The molecule has 0 aromatic rings. The van der Waals surface area contributed by atoms with Gasteiger partial charge in [0.05, 0.1) is 5.41 Å². The van der Waals surface area contributed by atoms with Gasteiger partial charge in [-0.3, -0.25) is 4.79 Å². The van der Waals surface area contributed by atoms with Gasteiger partial charge in [0.15, 0.2) is 0 Å². The molecule has 0 aliphatic heterocycles. The SMILES string of the molecule is CCCCCCCCC(CCCCCC)(CCCCCCBr)C(=O)O. The summed E-state index contributed by atoms with van der Waals surface area (Å²) in [5.74, 6) is -0.530. The van der Waals surface area contributed by atoms with Crippen LogP contribution >= 0.6 is 15.9 Å². The van der Waals surface area contributed by atoms with Gasteiger partial charge in [-0.25, -0.2) is 0 Å². The van der Waals surface area contributed by atoms with Crippen LogP contribution in [0.1, 0.15) is 123 Å². The summed E-state index contributed by atoms with van der Waals surface area (Å²) < 4.78 is 0. The van der Waals surface area contributed by atoms with Crippen molar-refractivity contribution >= 4 is 21.9 Å². The first-order valence-corrected chi connectivity index (χ1v) is 12.0. The van der Waals surface area contributed by atoms with E-state index in [1.54, 1.807) is 0 Å². The average Bonchev–Trinajstić information content (AvgIpc) is 2.60. The maximum atomic E-state index is 12.2. The zero-order valence-electron chi connectivity index (χ0n) is 17.0. The highest BCUT2D eigenvalue weighted by molar-refractivity contribution is 9.09. The predicted molar refractivity (Wildman–Crippen MR) is 114 cm³/mol. The molecule has 2 nitrogen and oxygen atoms in total. The first kappa shape index (κ1) is 24.9. The maximum absolute atomic E-state index is 12.2. The summed E-state index contributed by atoms with van der Waals surface area (Å²) in [5.41, 5.74) is -0.451. The molecule has 0 saturated heterocycles. The third-order valence-corrected chi connectivity index (χ3v) is 6.07. The second-order valence-electron chi connectivity index (χ2n) is 7.77. The zero-order valence-corrected chi connectivity index (χ0v) is 18.5. The van der Waals surface area contributed by atoms with Crippen LogP contribution in [0.2, 0.25) is 0 Å². The van der Waals surface area contributed by atoms with Crippen molar-refractivity contribution in [1.82, 2.24) is 0 Å². The minimum Gasteiger partial charge on any atom is -0.481 e. The monoisotopic (exact) mass is 418 g/mol. The molecule has 0 bridgehead atoms. The average molecular weight is 419 g/mol. The Bertz CT molecular complexity index is 306. The molecule has 3 heteroatoms. The molecule has 0 saturated carbocycles. The predicted octanol–water partition coefficient (Wildman–Crippen LogP) is 8.12. The summed E-state index contributed by atoms with van der Waals surface area (Å²) in [6.45, 7) is 4.45. The van der Waals surface area contributed by atoms with Crippen molar-refractivity contribution in [2.45, 2.75) is 123 Å². The first-order chi connectivity index (χ1) is 12.1. The van der Waals surface area contributed by atoms with Crippen LogP contribution < -0.4 is 0 Å². The smallest absolute Gasteiger partial charge is 0.309 e. The van der Waals surface area contributed by atoms with Gasteiger partial charge >= 0.3 is 5.97 Å². The zero-order chi connectivity index (χ0) is 18.8. The van der Waals surface area contributed by atoms with Crippen molar-refractivity contribution in [3.63, 3.8) is 0 Å². The molecule has 0 heterocycles. The van der Waals surface area contributed by atoms with Crippen LogP contribution in [0.25, 0.3) is 0 Å². The lowest BCUT2D eigenvalue weighted by molar-refractivity contribution is -0.150. The summed E-state index contributed by atoms with van der Waals surface area (Å²) in [6, 6.07) is 0. The number of carbonyl (C=O) groups is 1. The number of halogens is 1. The lowest BCUT2D eigenvalue weighted by atomic mass is 9.74. The first-order valence-electron chi connectivity index (χ1n) is 10.9. The van der Waals surface area contributed by atoms with E-state index < -0.39 is 11.4 Å². The fourth-order valence-corrected chi connectivity index (χ4v) is 4.14. The highest BCUT2D eigenvalue weighted by Gasteiger charge is 2.36. The molecular weight excluding hydrogens is 376 g/mol. The molecule has 0 rings (SSSR count). The molecule has 1 N–H and O–H groups in total. The number of carboxylic acid groups (broad SMARTS) is 1. The molecule has 0 aliphatic rings. The van der Waals surface area contributed by atoms with E-state index in [9.17, 15) is 9.90 Å². The molecule has 0 radical (unpaired) electrons. The summed E-state index contributed by atoms with van der Waals surface area (Å²) >= 11 is 3.48. The van der Waals surface area contributed by atoms with Gasteiger partial charge in [0.25, 0.3) is 0 Å². The van der Waals surface area contributed by atoms with Gasteiger partial charge < -0.3 is 5.11 Å².